The molecule has 0 bridgehead atoms. The number of benzene rings is 2. The zero-order valence-corrected chi connectivity index (χ0v) is 15.1. The van der Waals surface area contributed by atoms with Crippen molar-refractivity contribution < 1.29 is 9.72 Å². The molecule has 2 rings (SSSR count). The lowest BCUT2D eigenvalue weighted by atomic mass is 10.0. The molecule has 1 amide bonds. The van der Waals surface area contributed by atoms with Gasteiger partial charge in [-0.25, -0.2) is 0 Å². The van der Waals surface area contributed by atoms with Crippen molar-refractivity contribution in [2.75, 3.05) is 6.54 Å². The standard InChI is InChI=1S/C21H24N2O3/c1-16(2)19-11-8-17(9-12-19)6-4-14-22-21(24)13-10-18-5-3-7-20(15-18)23(25)26/h3,5,7-13,15-16H,4,6,14H2,1-2H3,(H,22,24)/b13-10+. The van der Waals surface area contributed by atoms with Gasteiger partial charge < -0.3 is 5.32 Å². The second kappa shape index (κ2) is 9.51. The van der Waals surface area contributed by atoms with Gasteiger partial charge in [-0.1, -0.05) is 50.2 Å². The maximum atomic E-state index is 11.8. The van der Waals surface area contributed by atoms with Crippen molar-refractivity contribution in [3.8, 4) is 0 Å². The van der Waals surface area contributed by atoms with Gasteiger partial charge in [-0.3, -0.25) is 14.9 Å². The molecule has 2 aromatic carbocycles. The summed E-state index contributed by atoms with van der Waals surface area (Å²) in [5.74, 6) is 0.327. The molecule has 0 radical (unpaired) electrons. The van der Waals surface area contributed by atoms with Crippen LogP contribution in [0.4, 0.5) is 5.69 Å². The lowest BCUT2D eigenvalue weighted by Crippen LogP contribution is -2.22. The van der Waals surface area contributed by atoms with Crippen molar-refractivity contribution in [1.82, 2.24) is 5.32 Å². The summed E-state index contributed by atoms with van der Waals surface area (Å²) in [6.45, 7) is 4.93. The number of hydrogen-bond acceptors (Lipinski definition) is 3. The van der Waals surface area contributed by atoms with Crippen molar-refractivity contribution in [2.45, 2.75) is 32.6 Å². The molecule has 5 heteroatoms. The molecular formula is C21H24N2O3. The molecule has 136 valence electrons. The largest absolute Gasteiger partial charge is 0.353 e. The second-order valence-corrected chi connectivity index (χ2v) is 6.48. The molecule has 2 aromatic rings. The summed E-state index contributed by atoms with van der Waals surface area (Å²) >= 11 is 0. The Morgan fingerprint density at radius 3 is 2.58 bits per heavy atom. The van der Waals surface area contributed by atoms with E-state index in [1.165, 1.54) is 29.3 Å². The molecule has 0 atom stereocenters. The topological polar surface area (TPSA) is 72.2 Å². The number of hydrogen-bond donors (Lipinski definition) is 1. The molecule has 26 heavy (non-hydrogen) atoms. The third kappa shape index (κ3) is 6.16. The van der Waals surface area contributed by atoms with Crippen LogP contribution in [0.25, 0.3) is 6.08 Å². The van der Waals surface area contributed by atoms with Crippen LogP contribution in [0.15, 0.2) is 54.6 Å². The van der Waals surface area contributed by atoms with Crippen LogP contribution in [-0.4, -0.2) is 17.4 Å². The number of aryl methyl sites for hydroxylation is 1. The van der Waals surface area contributed by atoms with E-state index >= 15 is 0 Å². The summed E-state index contributed by atoms with van der Waals surface area (Å²) in [5.41, 5.74) is 3.22. The van der Waals surface area contributed by atoms with Gasteiger partial charge in [-0.15, -0.1) is 0 Å². The molecule has 5 nitrogen and oxygen atoms in total. The molecule has 0 saturated heterocycles. The Labute approximate surface area is 153 Å². The average Bonchev–Trinajstić information content (AvgIpc) is 2.64. The van der Waals surface area contributed by atoms with Gasteiger partial charge in [0.1, 0.15) is 0 Å². The summed E-state index contributed by atoms with van der Waals surface area (Å²) in [6.07, 6.45) is 4.74. The first-order valence-corrected chi connectivity index (χ1v) is 8.75. The molecule has 0 saturated carbocycles. The van der Waals surface area contributed by atoms with Gasteiger partial charge >= 0.3 is 0 Å². The first kappa shape index (κ1) is 19.4. The molecule has 0 aliphatic carbocycles. The van der Waals surface area contributed by atoms with Crippen LogP contribution in [0.2, 0.25) is 0 Å². The normalized spacial score (nSPS) is 11.0. The monoisotopic (exact) mass is 352 g/mol. The van der Waals surface area contributed by atoms with Crippen molar-refractivity contribution in [3.63, 3.8) is 0 Å². The van der Waals surface area contributed by atoms with Crippen molar-refractivity contribution in [3.05, 3.63) is 81.4 Å². The Kier molecular flexibility index (Phi) is 7.09. The fraction of sp³-hybridized carbons (Fsp3) is 0.286. The van der Waals surface area contributed by atoms with E-state index in [0.717, 1.165) is 12.8 Å². The number of carbonyl (C=O) groups is 1. The first-order valence-electron chi connectivity index (χ1n) is 8.75. The number of carbonyl (C=O) groups excluding carboxylic acids is 1. The molecule has 0 unspecified atom stereocenters. The minimum absolute atomic E-state index is 0.0102. The molecular weight excluding hydrogens is 328 g/mol. The molecule has 0 aliphatic heterocycles. The first-order chi connectivity index (χ1) is 12.5. The summed E-state index contributed by atoms with van der Waals surface area (Å²) in [6, 6.07) is 14.8. The van der Waals surface area contributed by atoms with Crippen LogP contribution < -0.4 is 5.32 Å². The number of nitrogens with zero attached hydrogens (tertiary/aromatic N) is 1. The van der Waals surface area contributed by atoms with Crippen LogP contribution in [0.1, 0.15) is 42.9 Å². The number of amides is 1. The lowest BCUT2D eigenvalue weighted by Gasteiger charge is -2.07. The van der Waals surface area contributed by atoms with Gasteiger partial charge in [0.25, 0.3) is 5.69 Å². The van der Waals surface area contributed by atoms with E-state index in [1.807, 2.05) is 0 Å². The van der Waals surface area contributed by atoms with E-state index in [2.05, 4.69) is 43.4 Å². The van der Waals surface area contributed by atoms with Crippen LogP contribution in [0, 0.1) is 10.1 Å². The van der Waals surface area contributed by atoms with E-state index in [1.54, 1.807) is 18.2 Å². The number of non-ortho nitro benzene ring substituents is 1. The van der Waals surface area contributed by atoms with Gasteiger partial charge in [-0.05, 0) is 41.5 Å². The third-order valence-corrected chi connectivity index (χ3v) is 4.10. The maximum Gasteiger partial charge on any atom is 0.270 e. The number of nitro benzene ring substituents is 1. The van der Waals surface area contributed by atoms with Crippen LogP contribution in [0.5, 0.6) is 0 Å². The Morgan fingerprint density at radius 1 is 1.19 bits per heavy atom. The molecule has 0 aliphatic rings. The Morgan fingerprint density at radius 2 is 1.92 bits per heavy atom. The predicted molar refractivity (Wildman–Crippen MR) is 104 cm³/mol. The van der Waals surface area contributed by atoms with Crippen LogP contribution in [0.3, 0.4) is 0 Å². The van der Waals surface area contributed by atoms with E-state index < -0.39 is 4.92 Å². The number of rotatable bonds is 8. The second-order valence-electron chi connectivity index (χ2n) is 6.48. The predicted octanol–water partition coefficient (Wildman–Crippen LogP) is 4.48. The van der Waals surface area contributed by atoms with E-state index in [9.17, 15) is 14.9 Å². The van der Waals surface area contributed by atoms with Gasteiger partial charge in [0, 0.05) is 24.8 Å². The summed E-state index contributed by atoms with van der Waals surface area (Å²) in [7, 11) is 0. The van der Waals surface area contributed by atoms with Gasteiger partial charge in [0.05, 0.1) is 4.92 Å². The number of nitrogens with one attached hydrogen (secondary N) is 1. The highest BCUT2D eigenvalue weighted by Crippen LogP contribution is 2.15. The Hall–Kier alpha value is -2.95. The zero-order valence-electron chi connectivity index (χ0n) is 15.1. The maximum absolute atomic E-state index is 11.8. The van der Waals surface area contributed by atoms with Crippen LogP contribution in [-0.2, 0) is 11.2 Å². The minimum atomic E-state index is -0.453. The molecule has 1 N–H and O–H groups in total. The highest BCUT2D eigenvalue weighted by Gasteiger charge is 2.04. The fourth-order valence-corrected chi connectivity index (χ4v) is 2.55. The molecule has 0 fully saturated rings. The average molecular weight is 352 g/mol. The van der Waals surface area contributed by atoms with Gasteiger partial charge in [-0.2, -0.15) is 0 Å². The van der Waals surface area contributed by atoms with Crippen molar-refractivity contribution in [2.24, 2.45) is 0 Å². The number of nitro groups is 1. The smallest absolute Gasteiger partial charge is 0.270 e. The molecule has 0 spiro atoms. The fourth-order valence-electron chi connectivity index (χ4n) is 2.55. The zero-order chi connectivity index (χ0) is 18.9. The minimum Gasteiger partial charge on any atom is -0.353 e. The quantitative estimate of drug-likeness (QED) is 0.329. The lowest BCUT2D eigenvalue weighted by molar-refractivity contribution is -0.384. The van der Waals surface area contributed by atoms with Gasteiger partial charge in [0.15, 0.2) is 0 Å². The summed E-state index contributed by atoms with van der Waals surface area (Å²) in [4.78, 5) is 22.1. The highest BCUT2D eigenvalue weighted by atomic mass is 16.6. The van der Waals surface area contributed by atoms with E-state index in [4.69, 9.17) is 0 Å². The third-order valence-electron chi connectivity index (χ3n) is 4.10. The Balaban J connectivity index is 1.75. The summed E-state index contributed by atoms with van der Waals surface area (Å²) in [5, 5.41) is 13.6. The van der Waals surface area contributed by atoms with Crippen LogP contribution >= 0.6 is 0 Å². The molecule has 0 aromatic heterocycles. The SMILES string of the molecule is CC(C)c1ccc(CCCNC(=O)/C=C/c2cccc([N+](=O)[O-])c2)cc1. The molecule has 0 heterocycles. The van der Waals surface area contributed by atoms with Crippen molar-refractivity contribution in [1.29, 1.82) is 0 Å². The van der Waals surface area contributed by atoms with E-state index in [-0.39, 0.29) is 11.6 Å². The highest BCUT2D eigenvalue weighted by molar-refractivity contribution is 5.91. The van der Waals surface area contributed by atoms with Gasteiger partial charge in [0.2, 0.25) is 5.91 Å². The van der Waals surface area contributed by atoms with E-state index in [0.29, 0.717) is 18.0 Å². The Bertz CT molecular complexity index is 780. The van der Waals surface area contributed by atoms with Crippen molar-refractivity contribution >= 4 is 17.7 Å². The summed E-state index contributed by atoms with van der Waals surface area (Å²) < 4.78 is 0.